The third-order valence-electron chi connectivity index (χ3n) is 3.27. The Kier molecular flexibility index (Phi) is 4.67. The smallest absolute Gasteiger partial charge is 0.132 e. The van der Waals surface area contributed by atoms with Gasteiger partial charge in [0, 0.05) is 16.7 Å². The molecule has 2 aromatic rings. The molecule has 0 saturated heterocycles. The Labute approximate surface area is 131 Å². The summed E-state index contributed by atoms with van der Waals surface area (Å²) >= 11 is 11.9. The van der Waals surface area contributed by atoms with E-state index in [4.69, 9.17) is 23.2 Å². The highest BCUT2D eigenvalue weighted by Crippen LogP contribution is 2.39. The van der Waals surface area contributed by atoms with Gasteiger partial charge in [-0.05, 0) is 29.3 Å². The Bertz CT molecular complexity index is 688. The van der Waals surface area contributed by atoms with Gasteiger partial charge in [-0.1, -0.05) is 36.4 Å². The van der Waals surface area contributed by atoms with Crippen molar-refractivity contribution in [3.05, 3.63) is 76.8 Å². The van der Waals surface area contributed by atoms with Crippen molar-refractivity contribution in [3.63, 3.8) is 0 Å². The van der Waals surface area contributed by atoms with E-state index in [2.05, 4.69) is 6.58 Å². The van der Waals surface area contributed by atoms with Crippen LogP contribution in [0.2, 0.25) is 5.02 Å². The molecule has 0 fully saturated rings. The van der Waals surface area contributed by atoms with Crippen LogP contribution in [0.1, 0.15) is 11.1 Å². The maximum absolute atomic E-state index is 14.0. The van der Waals surface area contributed by atoms with E-state index >= 15 is 0 Å². The highest BCUT2D eigenvalue weighted by Gasteiger charge is 2.36. The highest BCUT2D eigenvalue weighted by atomic mass is 35.5. The van der Waals surface area contributed by atoms with Gasteiger partial charge in [-0.15, -0.1) is 11.6 Å². The number of hydrogen-bond donors (Lipinski definition) is 1. The van der Waals surface area contributed by atoms with Gasteiger partial charge in [0.2, 0.25) is 0 Å². The number of hydrogen-bond acceptors (Lipinski definition) is 1. The van der Waals surface area contributed by atoms with Gasteiger partial charge in [-0.25, -0.2) is 8.78 Å². The number of aliphatic hydroxyl groups is 1. The fraction of sp³-hybridized carbons (Fsp3) is 0.125. The second kappa shape index (κ2) is 6.14. The molecular formula is C16H12Cl2F2O. The van der Waals surface area contributed by atoms with Gasteiger partial charge in [0.1, 0.15) is 17.2 Å². The molecule has 0 radical (unpaired) electrons. The molecule has 110 valence electrons. The van der Waals surface area contributed by atoms with Crippen LogP contribution in [0.5, 0.6) is 0 Å². The lowest BCUT2D eigenvalue weighted by Crippen LogP contribution is -2.30. The van der Waals surface area contributed by atoms with Crippen LogP contribution < -0.4 is 0 Å². The van der Waals surface area contributed by atoms with Crippen molar-refractivity contribution in [3.8, 4) is 0 Å². The second-order valence-corrected chi connectivity index (χ2v) is 5.25. The second-order valence-electron chi connectivity index (χ2n) is 4.58. The lowest BCUT2D eigenvalue weighted by atomic mass is 9.84. The van der Waals surface area contributed by atoms with Crippen molar-refractivity contribution in [1.29, 1.82) is 0 Å². The zero-order chi connectivity index (χ0) is 15.6. The quantitative estimate of drug-likeness (QED) is 0.802. The van der Waals surface area contributed by atoms with Crippen molar-refractivity contribution in [2.45, 2.75) is 5.60 Å². The van der Waals surface area contributed by atoms with Gasteiger partial charge in [-0.3, -0.25) is 0 Å². The molecule has 0 heterocycles. The van der Waals surface area contributed by atoms with E-state index in [1.807, 2.05) is 0 Å². The van der Waals surface area contributed by atoms with Crippen LogP contribution in [0.25, 0.3) is 5.57 Å². The van der Waals surface area contributed by atoms with Crippen molar-refractivity contribution >= 4 is 28.8 Å². The third-order valence-corrected chi connectivity index (χ3v) is 3.98. The normalized spacial score (nSPS) is 13.8. The van der Waals surface area contributed by atoms with Crippen LogP contribution in [0.15, 0.2) is 49.0 Å². The Hall–Kier alpha value is -1.42. The van der Waals surface area contributed by atoms with E-state index < -0.39 is 17.2 Å². The van der Waals surface area contributed by atoms with Crippen molar-refractivity contribution in [2.75, 3.05) is 5.88 Å². The maximum Gasteiger partial charge on any atom is 0.132 e. The Morgan fingerprint density at radius 2 is 1.86 bits per heavy atom. The summed E-state index contributed by atoms with van der Waals surface area (Å²) in [6.45, 7) is 3.79. The molecule has 2 rings (SSSR count). The van der Waals surface area contributed by atoms with E-state index in [9.17, 15) is 13.9 Å². The Morgan fingerprint density at radius 1 is 1.19 bits per heavy atom. The zero-order valence-corrected chi connectivity index (χ0v) is 12.4. The first kappa shape index (κ1) is 16.0. The number of benzene rings is 2. The predicted octanol–water partition coefficient (Wildman–Crippen LogP) is 4.76. The summed E-state index contributed by atoms with van der Waals surface area (Å²) in [5.41, 5.74) is -1.44. The van der Waals surface area contributed by atoms with Crippen LogP contribution in [-0.2, 0) is 5.60 Å². The largest absolute Gasteiger partial charge is 0.379 e. The molecule has 1 N–H and O–H groups in total. The molecule has 0 bridgehead atoms. The summed E-state index contributed by atoms with van der Waals surface area (Å²) in [6.07, 6.45) is 0. The average Bonchev–Trinajstić information content (AvgIpc) is 2.46. The molecule has 0 spiro atoms. The standard InChI is InChI=1S/C16H12Cl2F2O/c1-10(12-4-2-3-5-14(12)18)16(21,9-17)13-7-6-11(19)8-15(13)20/h2-8,21H,1,9H2. The van der Waals surface area contributed by atoms with Gasteiger partial charge >= 0.3 is 0 Å². The van der Waals surface area contributed by atoms with E-state index in [0.29, 0.717) is 16.7 Å². The first-order valence-corrected chi connectivity index (χ1v) is 6.99. The third kappa shape index (κ3) is 2.95. The molecule has 1 nitrogen and oxygen atoms in total. The Morgan fingerprint density at radius 3 is 2.43 bits per heavy atom. The molecular weight excluding hydrogens is 317 g/mol. The Balaban J connectivity index is 2.56. The average molecular weight is 329 g/mol. The summed E-state index contributed by atoms with van der Waals surface area (Å²) in [5, 5.41) is 11.1. The summed E-state index contributed by atoms with van der Waals surface area (Å²) in [7, 11) is 0. The minimum Gasteiger partial charge on any atom is -0.379 e. The molecule has 1 unspecified atom stereocenters. The number of alkyl halides is 1. The molecule has 0 aliphatic rings. The molecule has 0 aromatic heterocycles. The first-order chi connectivity index (χ1) is 9.90. The van der Waals surface area contributed by atoms with Crippen LogP contribution in [-0.4, -0.2) is 11.0 Å². The van der Waals surface area contributed by atoms with Gasteiger partial charge in [0.05, 0.1) is 5.88 Å². The monoisotopic (exact) mass is 328 g/mol. The van der Waals surface area contributed by atoms with Gasteiger partial charge in [0.25, 0.3) is 0 Å². The summed E-state index contributed by atoms with van der Waals surface area (Å²) < 4.78 is 27.0. The van der Waals surface area contributed by atoms with E-state index in [-0.39, 0.29) is 17.0 Å². The molecule has 0 aliphatic heterocycles. The summed E-state index contributed by atoms with van der Waals surface area (Å²) in [4.78, 5) is 0. The molecule has 21 heavy (non-hydrogen) atoms. The van der Waals surface area contributed by atoms with Gasteiger partial charge in [-0.2, -0.15) is 0 Å². The van der Waals surface area contributed by atoms with Crippen LogP contribution in [0, 0.1) is 11.6 Å². The highest BCUT2D eigenvalue weighted by molar-refractivity contribution is 6.32. The summed E-state index contributed by atoms with van der Waals surface area (Å²) in [5.74, 6) is -1.98. The molecule has 5 heteroatoms. The molecule has 0 amide bonds. The van der Waals surface area contributed by atoms with Crippen LogP contribution >= 0.6 is 23.2 Å². The first-order valence-electron chi connectivity index (χ1n) is 6.08. The molecule has 2 aromatic carbocycles. The van der Waals surface area contributed by atoms with E-state index in [1.54, 1.807) is 24.3 Å². The van der Waals surface area contributed by atoms with Crippen molar-refractivity contribution in [1.82, 2.24) is 0 Å². The lowest BCUT2D eigenvalue weighted by molar-refractivity contribution is 0.122. The summed E-state index contributed by atoms with van der Waals surface area (Å²) in [6, 6.07) is 9.58. The molecule has 0 aliphatic carbocycles. The maximum atomic E-state index is 14.0. The minimum absolute atomic E-state index is 0.147. The predicted molar refractivity (Wildman–Crippen MR) is 81.5 cm³/mol. The number of rotatable bonds is 4. The van der Waals surface area contributed by atoms with E-state index in [0.717, 1.165) is 12.1 Å². The van der Waals surface area contributed by atoms with Crippen LogP contribution in [0.3, 0.4) is 0 Å². The fourth-order valence-electron chi connectivity index (χ4n) is 2.07. The van der Waals surface area contributed by atoms with Gasteiger partial charge < -0.3 is 5.11 Å². The van der Waals surface area contributed by atoms with Crippen LogP contribution in [0.4, 0.5) is 8.78 Å². The lowest BCUT2D eigenvalue weighted by Gasteiger charge is -2.29. The fourth-order valence-corrected chi connectivity index (χ4v) is 2.62. The SMILES string of the molecule is C=C(c1ccccc1Cl)C(O)(CCl)c1ccc(F)cc1F. The zero-order valence-electron chi connectivity index (χ0n) is 10.9. The number of halogens is 4. The minimum atomic E-state index is -1.88. The molecule has 0 saturated carbocycles. The molecule has 1 atom stereocenters. The van der Waals surface area contributed by atoms with Crippen molar-refractivity contribution in [2.24, 2.45) is 0 Å². The van der Waals surface area contributed by atoms with Crippen molar-refractivity contribution < 1.29 is 13.9 Å². The van der Waals surface area contributed by atoms with Gasteiger partial charge in [0.15, 0.2) is 0 Å². The van der Waals surface area contributed by atoms with E-state index in [1.165, 1.54) is 0 Å². The topological polar surface area (TPSA) is 20.2 Å².